The summed E-state index contributed by atoms with van der Waals surface area (Å²) in [6, 6.07) is 12.7. The van der Waals surface area contributed by atoms with Crippen molar-refractivity contribution in [3.8, 4) is 11.8 Å². The molecular formula is C38H38F6N4O5. The Kier molecular flexibility index (Phi) is 11.4. The molecule has 0 bridgehead atoms. The molecule has 1 N–H and O–H groups in total. The summed E-state index contributed by atoms with van der Waals surface area (Å²) in [7, 11) is 0. The number of likely N-dealkylation sites (tertiary alicyclic amines) is 2. The second-order valence-electron chi connectivity index (χ2n) is 13.4. The zero-order valence-electron chi connectivity index (χ0n) is 28.8. The smallest absolute Gasteiger partial charge is 0.417 e. The first-order chi connectivity index (χ1) is 25.1. The number of pyridine rings is 1. The number of carboxylic acid groups (broad SMARTS) is 1. The Morgan fingerprint density at radius 1 is 0.962 bits per heavy atom. The van der Waals surface area contributed by atoms with Gasteiger partial charge >= 0.3 is 18.3 Å². The molecule has 1 aromatic heterocycles. The zero-order valence-corrected chi connectivity index (χ0v) is 28.8. The third kappa shape index (κ3) is 8.11. The number of alkyl halides is 6. The molecule has 2 saturated heterocycles. The van der Waals surface area contributed by atoms with Crippen LogP contribution in [0.5, 0.6) is 5.75 Å². The summed E-state index contributed by atoms with van der Waals surface area (Å²) in [5.74, 6) is -2.72. The van der Waals surface area contributed by atoms with Gasteiger partial charge in [-0.3, -0.25) is 19.4 Å². The van der Waals surface area contributed by atoms with Crippen molar-refractivity contribution in [3.63, 3.8) is 0 Å². The Labute approximate surface area is 302 Å². The second-order valence-corrected chi connectivity index (χ2v) is 13.4. The molecule has 15 heteroatoms. The van der Waals surface area contributed by atoms with E-state index in [4.69, 9.17) is 4.74 Å². The topological polar surface area (TPSA) is 124 Å². The monoisotopic (exact) mass is 744 g/mol. The fraction of sp³-hybridized carbons (Fsp3) is 0.447. The maximum atomic E-state index is 14.9. The largest absolute Gasteiger partial charge is 0.481 e. The molecule has 2 unspecified atom stereocenters. The number of amides is 2. The lowest BCUT2D eigenvalue weighted by Gasteiger charge is -2.51. The van der Waals surface area contributed by atoms with Crippen molar-refractivity contribution in [2.75, 3.05) is 19.6 Å². The highest BCUT2D eigenvalue weighted by Gasteiger charge is 2.56. The number of hydrogen-bond acceptors (Lipinski definition) is 6. The number of aliphatic carboxylic acids is 1. The highest BCUT2D eigenvalue weighted by Crippen LogP contribution is 2.43. The molecular weight excluding hydrogens is 706 g/mol. The summed E-state index contributed by atoms with van der Waals surface area (Å²) in [4.78, 5) is 46.8. The lowest BCUT2D eigenvalue weighted by atomic mass is 9.71. The van der Waals surface area contributed by atoms with Crippen LogP contribution in [0.3, 0.4) is 0 Å². The minimum atomic E-state index is -4.89. The second kappa shape index (κ2) is 15.5. The van der Waals surface area contributed by atoms with Gasteiger partial charge in [0.25, 0.3) is 11.8 Å². The summed E-state index contributed by atoms with van der Waals surface area (Å²) >= 11 is 0. The fourth-order valence-electron chi connectivity index (χ4n) is 7.54. The number of rotatable bonds is 10. The van der Waals surface area contributed by atoms with Gasteiger partial charge in [0.1, 0.15) is 5.75 Å². The summed E-state index contributed by atoms with van der Waals surface area (Å²) in [5, 5.41) is 19.8. The molecule has 0 radical (unpaired) electrons. The van der Waals surface area contributed by atoms with Crippen molar-refractivity contribution in [1.82, 2.24) is 14.8 Å². The van der Waals surface area contributed by atoms with Gasteiger partial charge in [0, 0.05) is 44.9 Å². The van der Waals surface area contributed by atoms with E-state index in [1.165, 1.54) is 9.80 Å². The third-order valence-electron chi connectivity index (χ3n) is 10.1. The van der Waals surface area contributed by atoms with Gasteiger partial charge in [-0.15, -0.1) is 0 Å². The standard InChI is InChI=1S/C38H38F6N4O5/c1-2-6-31-36(53-27-12-10-26(11-13-27)37(39,40)41,16-5-20-48(31)33(51)28-23-46-19-15-30(28)38(42,43)44)34(52)47-21-17-35(24-45,18-22-47)29-8-4-3-7-25(29)9-14-32(49)50/h3-4,7-8,10-13,15,19,23,31H,2,5-6,9,14,16-18,20-22H2,1H3,(H,49,50). The Morgan fingerprint density at radius 2 is 1.64 bits per heavy atom. The van der Waals surface area contributed by atoms with Gasteiger partial charge in [0.05, 0.1) is 34.2 Å². The van der Waals surface area contributed by atoms with Crippen LogP contribution in [0.15, 0.2) is 67.0 Å². The molecule has 53 heavy (non-hydrogen) atoms. The summed E-state index contributed by atoms with van der Waals surface area (Å²) < 4.78 is 88.9. The molecule has 282 valence electrons. The number of nitrogens with zero attached hydrogens (tertiary/aromatic N) is 4. The Hall–Kier alpha value is -5.13. The lowest BCUT2D eigenvalue weighted by molar-refractivity contribution is -0.160. The normalized spacial score (nSPS) is 20.4. The van der Waals surface area contributed by atoms with E-state index in [1.807, 2.05) is 0 Å². The van der Waals surface area contributed by atoms with Crippen LogP contribution in [0, 0.1) is 11.3 Å². The fourth-order valence-corrected chi connectivity index (χ4v) is 7.54. The minimum Gasteiger partial charge on any atom is -0.481 e. The van der Waals surface area contributed by atoms with Crippen LogP contribution in [0.4, 0.5) is 26.3 Å². The number of halogens is 6. The SMILES string of the molecule is CCCC1N(C(=O)c2cnccc2C(F)(F)F)CCCC1(Oc1ccc(C(F)(F)F)cc1)C(=O)N1CCC(C#N)(c2ccccc2CCC(=O)O)CC1. The van der Waals surface area contributed by atoms with Crippen molar-refractivity contribution in [3.05, 3.63) is 94.8 Å². The number of piperidine rings is 2. The summed E-state index contributed by atoms with van der Waals surface area (Å²) in [6.45, 7) is 1.81. The molecule has 2 aromatic carbocycles. The molecule has 0 spiro atoms. The molecule has 0 aliphatic carbocycles. The molecule has 2 fully saturated rings. The number of aryl methyl sites for hydroxylation is 1. The van der Waals surface area contributed by atoms with E-state index in [0.717, 1.165) is 36.7 Å². The van der Waals surface area contributed by atoms with E-state index in [0.29, 0.717) is 23.6 Å². The average Bonchev–Trinajstić information content (AvgIpc) is 3.14. The Balaban J connectivity index is 1.54. The molecule has 2 aliphatic rings. The molecule has 9 nitrogen and oxygen atoms in total. The first-order valence-electron chi connectivity index (χ1n) is 17.3. The Morgan fingerprint density at radius 3 is 2.25 bits per heavy atom. The average molecular weight is 745 g/mol. The van der Waals surface area contributed by atoms with Crippen LogP contribution in [0.2, 0.25) is 0 Å². The number of aromatic nitrogens is 1. The molecule has 0 saturated carbocycles. The predicted molar refractivity (Wildman–Crippen MR) is 179 cm³/mol. The van der Waals surface area contributed by atoms with E-state index < -0.39 is 63.9 Å². The van der Waals surface area contributed by atoms with Crippen molar-refractivity contribution < 1.29 is 50.6 Å². The van der Waals surface area contributed by atoms with E-state index >= 15 is 0 Å². The predicted octanol–water partition coefficient (Wildman–Crippen LogP) is 7.44. The van der Waals surface area contributed by atoms with Crippen molar-refractivity contribution >= 4 is 17.8 Å². The molecule has 2 aliphatic heterocycles. The van der Waals surface area contributed by atoms with Crippen LogP contribution < -0.4 is 4.74 Å². The van der Waals surface area contributed by atoms with Crippen LogP contribution in [0.1, 0.15) is 84.5 Å². The molecule has 3 aromatic rings. The van der Waals surface area contributed by atoms with E-state index in [9.17, 15) is 51.1 Å². The number of carboxylic acids is 1. The van der Waals surface area contributed by atoms with Crippen molar-refractivity contribution in [2.45, 2.75) is 87.7 Å². The van der Waals surface area contributed by atoms with E-state index in [2.05, 4.69) is 11.1 Å². The van der Waals surface area contributed by atoms with Gasteiger partial charge in [0.2, 0.25) is 5.60 Å². The number of benzene rings is 2. The third-order valence-corrected chi connectivity index (χ3v) is 10.1. The van der Waals surface area contributed by atoms with Gasteiger partial charge in [-0.25, -0.2) is 0 Å². The minimum absolute atomic E-state index is 0.00160. The summed E-state index contributed by atoms with van der Waals surface area (Å²) in [5.41, 5.74) is -4.52. The van der Waals surface area contributed by atoms with Gasteiger partial charge in [-0.1, -0.05) is 37.6 Å². The zero-order chi connectivity index (χ0) is 38.6. The van der Waals surface area contributed by atoms with E-state index in [1.54, 1.807) is 31.2 Å². The summed E-state index contributed by atoms with van der Waals surface area (Å²) in [6.07, 6.45) is -6.86. The maximum Gasteiger partial charge on any atom is 0.417 e. The molecule has 2 amide bonds. The van der Waals surface area contributed by atoms with Gasteiger partial charge in [-0.05, 0) is 73.6 Å². The maximum absolute atomic E-state index is 14.9. The van der Waals surface area contributed by atoms with E-state index in [-0.39, 0.29) is 70.3 Å². The first kappa shape index (κ1) is 39.1. The number of ether oxygens (including phenoxy) is 1. The number of carbonyl (C=O) groups is 3. The van der Waals surface area contributed by atoms with Crippen molar-refractivity contribution in [1.29, 1.82) is 5.26 Å². The van der Waals surface area contributed by atoms with Gasteiger partial charge < -0.3 is 19.6 Å². The number of hydrogen-bond donors (Lipinski definition) is 1. The van der Waals surface area contributed by atoms with Gasteiger partial charge in [0.15, 0.2) is 0 Å². The van der Waals surface area contributed by atoms with Crippen LogP contribution in [0.25, 0.3) is 0 Å². The highest BCUT2D eigenvalue weighted by atomic mass is 19.4. The van der Waals surface area contributed by atoms with Gasteiger partial charge in [-0.2, -0.15) is 31.6 Å². The quantitative estimate of drug-likeness (QED) is 0.214. The van der Waals surface area contributed by atoms with Crippen LogP contribution in [-0.2, 0) is 33.8 Å². The molecule has 2 atom stereocenters. The highest BCUT2D eigenvalue weighted by molar-refractivity contribution is 5.97. The Bertz CT molecular complexity index is 1850. The lowest BCUT2D eigenvalue weighted by Crippen LogP contribution is -2.68. The first-order valence-corrected chi connectivity index (χ1v) is 17.3. The van der Waals surface area contributed by atoms with Crippen LogP contribution >= 0.6 is 0 Å². The number of nitriles is 1. The molecule has 5 rings (SSSR count). The molecule has 3 heterocycles. The number of carbonyl (C=O) groups excluding carboxylic acids is 2. The van der Waals surface area contributed by atoms with Crippen molar-refractivity contribution in [2.24, 2.45) is 0 Å². The van der Waals surface area contributed by atoms with Crippen LogP contribution in [-0.4, -0.2) is 69.0 Å².